The first-order valence-electron chi connectivity index (χ1n) is 7.51. The second-order valence-corrected chi connectivity index (χ2v) is 6.38. The van der Waals surface area contributed by atoms with Crippen molar-refractivity contribution < 1.29 is 9.90 Å². The second-order valence-electron chi connectivity index (χ2n) is 6.38. The third kappa shape index (κ3) is 2.32. The zero-order valence-electron chi connectivity index (χ0n) is 11.7. The summed E-state index contributed by atoms with van der Waals surface area (Å²) in [6.07, 6.45) is 5.07. The van der Waals surface area contributed by atoms with Gasteiger partial charge in [-0.15, -0.1) is 0 Å². The third-order valence-electron chi connectivity index (χ3n) is 5.24. The van der Waals surface area contributed by atoms with Gasteiger partial charge in [0, 0.05) is 37.7 Å². The number of amides is 1. The fourth-order valence-electron chi connectivity index (χ4n) is 3.66. The molecule has 1 aliphatic carbocycles. The van der Waals surface area contributed by atoms with E-state index in [1.165, 1.54) is 12.0 Å². The minimum atomic E-state index is -0.492. The van der Waals surface area contributed by atoms with Gasteiger partial charge < -0.3 is 15.3 Å². The molecule has 19 heavy (non-hydrogen) atoms. The summed E-state index contributed by atoms with van der Waals surface area (Å²) in [7, 11) is 0. The summed E-state index contributed by atoms with van der Waals surface area (Å²) in [6, 6.07) is 0. The van der Waals surface area contributed by atoms with E-state index in [0.29, 0.717) is 6.54 Å². The Morgan fingerprint density at radius 1 is 1.37 bits per heavy atom. The molecule has 2 unspecified atom stereocenters. The van der Waals surface area contributed by atoms with Crippen molar-refractivity contribution in [2.24, 2.45) is 5.92 Å². The average molecular weight is 264 g/mol. The van der Waals surface area contributed by atoms with Gasteiger partial charge in [-0.2, -0.15) is 0 Å². The molecular weight excluding hydrogens is 240 g/mol. The van der Waals surface area contributed by atoms with E-state index in [4.69, 9.17) is 0 Å². The fraction of sp³-hybridized carbons (Fsp3) is 0.800. The van der Waals surface area contributed by atoms with Gasteiger partial charge >= 0.3 is 0 Å². The van der Waals surface area contributed by atoms with Crippen molar-refractivity contribution in [2.75, 3.05) is 26.2 Å². The van der Waals surface area contributed by atoms with Crippen LogP contribution in [-0.4, -0.2) is 47.7 Å². The summed E-state index contributed by atoms with van der Waals surface area (Å²) < 4.78 is 0. The molecule has 0 bridgehead atoms. The normalized spacial score (nSPS) is 34.5. The molecule has 4 heteroatoms. The number of likely N-dealkylation sites (tertiary alicyclic amines) is 1. The number of hydrogen-bond acceptors (Lipinski definition) is 3. The monoisotopic (exact) mass is 264 g/mol. The van der Waals surface area contributed by atoms with Crippen molar-refractivity contribution in [2.45, 2.75) is 44.6 Å². The second kappa shape index (κ2) is 4.91. The summed E-state index contributed by atoms with van der Waals surface area (Å²) in [5.41, 5.74) is 1.67. The smallest absolute Gasteiger partial charge is 0.249 e. The molecule has 3 rings (SSSR count). The lowest BCUT2D eigenvalue weighted by Crippen LogP contribution is -2.55. The molecule has 2 atom stereocenters. The highest BCUT2D eigenvalue weighted by Crippen LogP contribution is 2.40. The standard InChI is InChI=1S/C15H24N2O2/c1-11(12-8-16-9-12)14(18)17-7-6-15(19)5-3-2-4-13(15)10-17/h13,16,19H,2-10H2,1H3. The fourth-order valence-corrected chi connectivity index (χ4v) is 3.66. The van der Waals surface area contributed by atoms with Crippen LogP contribution in [0.3, 0.4) is 0 Å². The molecule has 106 valence electrons. The zero-order valence-corrected chi connectivity index (χ0v) is 11.7. The first kappa shape index (κ1) is 13.1. The van der Waals surface area contributed by atoms with Crippen LogP contribution in [0.5, 0.6) is 0 Å². The lowest BCUT2D eigenvalue weighted by molar-refractivity contribution is -0.139. The van der Waals surface area contributed by atoms with E-state index in [1.54, 1.807) is 0 Å². The van der Waals surface area contributed by atoms with Gasteiger partial charge in [0.1, 0.15) is 0 Å². The van der Waals surface area contributed by atoms with E-state index in [9.17, 15) is 9.90 Å². The molecule has 0 radical (unpaired) electrons. The molecule has 2 N–H and O–H groups in total. The number of fused-ring (bicyclic) bond motifs is 1. The zero-order chi connectivity index (χ0) is 13.5. The maximum atomic E-state index is 12.5. The van der Waals surface area contributed by atoms with Crippen molar-refractivity contribution in [3.05, 3.63) is 11.1 Å². The summed E-state index contributed by atoms with van der Waals surface area (Å²) in [6.45, 7) is 5.12. The van der Waals surface area contributed by atoms with E-state index in [1.807, 2.05) is 11.8 Å². The Bertz CT molecular complexity index is 412. The van der Waals surface area contributed by atoms with Crippen LogP contribution in [0.25, 0.3) is 0 Å². The van der Waals surface area contributed by atoms with Gasteiger partial charge in [-0.1, -0.05) is 12.8 Å². The molecule has 0 aromatic carbocycles. The topological polar surface area (TPSA) is 52.6 Å². The van der Waals surface area contributed by atoms with Gasteiger partial charge in [-0.3, -0.25) is 4.79 Å². The maximum absolute atomic E-state index is 12.5. The Morgan fingerprint density at radius 3 is 2.84 bits per heavy atom. The Hall–Kier alpha value is -0.870. The van der Waals surface area contributed by atoms with Crippen LogP contribution in [-0.2, 0) is 4.79 Å². The predicted octanol–water partition coefficient (Wildman–Crippen LogP) is 1.06. The molecule has 0 spiro atoms. The highest BCUT2D eigenvalue weighted by Gasteiger charge is 2.43. The van der Waals surface area contributed by atoms with Gasteiger partial charge in [0.05, 0.1) is 5.60 Å². The highest BCUT2D eigenvalue weighted by atomic mass is 16.3. The molecule has 2 aliphatic heterocycles. The summed E-state index contributed by atoms with van der Waals surface area (Å²) in [5.74, 6) is 0.473. The van der Waals surface area contributed by atoms with Gasteiger partial charge in [0.15, 0.2) is 0 Å². The lowest BCUT2D eigenvalue weighted by atomic mass is 9.71. The molecule has 1 saturated carbocycles. The molecule has 2 heterocycles. The quantitative estimate of drug-likeness (QED) is 0.696. The Kier molecular flexibility index (Phi) is 3.39. The Morgan fingerprint density at radius 2 is 2.16 bits per heavy atom. The van der Waals surface area contributed by atoms with Crippen molar-refractivity contribution in [3.8, 4) is 0 Å². The Balaban J connectivity index is 1.69. The molecule has 3 fully saturated rings. The van der Waals surface area contributed by atoms with Crippen molar-refractivity contribution in [1.82, 2.24) is 10.2 Å². The summed E-state index contributed by atoms with van der Waals surface area (Å²) in [5, 5.41) is 13.8. The molecule has 0 aromatic rings. The number of piperidine rings is 1. The molecule has 3 aliphatic rings. The SMILES string of the molecule is CC(C(=O)N1CCC2(O)CCCCC2C1)=C1CNC1. The lowest BCUT2D eigenvalue weighted by Gasteiger charge is -2.47. The van der Waals surface area contributed by atoms with E-state index < -0.39 is 5.60 Å². The molecule has 2 saturated heterocycles. The minimum Gasteiger partial charge on any atom is -0.389 e. The largest absolute Gasteiger partial charge is 0.389 e. The first-order chi connectivity index (χ1) is 9.10. The van der Waals surface area contributed by atoms with Crippen LogP contribution < -0.4 is 5.32 Å². The van der Waals surface area contributed by atoms with Gasteiger partial charge in [0.25, 0.3) is 0 Å². The number of hydrogen-bond donors (Lipinski definition) is 2. The highest BCUT2D eigenvalue weighted by molar-refractivity contribution is 5.94. The first-order valence-corrected chi connectivity index (χ1v) is 7.51. The Labute approximate surface area is 114 Å². The van der Waals surface area contributed by atoms with Crippen LogP contribution in [0.4, 0.5) is 0 Å². The van der Waals surface area contributed by atoms with Crippen LogP contribution in [0.15, 0.2) is 11.1 Å². The van der Waals surface area contributed by atoms with Gasteiger partial charge in [0.2, 0.25) is 5.91 Å². The molecular formula is C15H24N2O2. The minimum absolute atomic E-state index is 0.184. The van der Waals surface area contributed by atoms with E-state index in [0.717, 1.165) is 50.9 Å². The van der Waals surface area contributed by atoms with Gasteiger partial charge in [-0.25, -0.2) is 0 Å². The summed E-state index contributed by atoms with van der Waals surface area (Å²) >= 11 is 0. The molecule has 1 amide bonds. The van der Waals surface area contributed by atoms with Crippen molar-refractivity contribution >= 4 is 5.91 Å². The van der Waals surface area contributed by atoms with Crippen LogP contribution in [0, 0.1) is 5.92 Å². The molecule has 0 aromatic heterocycles. The van der Waals surface area contributed by atoms with E-state index in [-0.39, 0.29) is 11.8 Å². The van der Waals surface area contributed by atoms with E-state index in [2.05, 4.69) is 5.32 Å². The third-order valence-corrected chi connectivity index (χ3v) is 5.24. The number of nitrogens with one attached hydrogen (secondary N) is 1. The number of aliphatic hydroxyl groups is 1. The van der Waals surface area contributed by atoms with Crippen LogP contribution >= 0.6 is 0 Å². The maximum Gasteiger partial charge on any atom is 0.249 e. The van der Waals surface area contributed by atoms with Crippen LogP contribution in [0.1, 0.15) is 39.0 Å². The summed E-state index contributed by atoms with van der Waals surface area (Å²) in [4.78, 5) is 14.4. The van der Waals surface area contributed by atoms with Crippen LogP contribution in [0.2, 0.25) is 0 Å². The van der Waals surface area contributed by atoms with Crippen molar-refractivity contribution in [3.63, 3.8) is 0 Å². The number of carbonyl (C=O) groups excluding carboxylic acids is 1. The number of nitrogens with zero attached hydrogens (tertiary/aromatic N) is 1. The predicted molar refractivity (Wildman–Crippen MR) is 73.7 cm³/mol. The van der Waals surface area contributed by atoms with E-state index >= 15 is 0 Å². The van der Waals surface area contributed by atoms with Gasteiger partial charge in [-0.05, 0) is 31.8 Å². The average Bonchev–Trinajstić information content (AvgIpc) is 2.34. The van der Waals surface area contributed by atoms with Crippen molar-refractivity contribution in [1.29, 1.82) is 0 Å². The molecule has 4 nitrogen and oxygen atoms in total. The number of carbonyl (C=O) groups is 1. The number of rotatable bonds is 1.